The van der Waals surface area contributed by atoms with Crippen molar-refractivity contribution in [1.82, 2.24) is 10.6 Å². The summed E-state index contributed by atoms with van der Waals surface area (Å²) >= 11 is 11.8. The van der Waals surface area contributed by atoms with E-state index in [0.29, 0.717) is 5.56 Å². The van der Waals surface area contributed by atoms with Gasteiger partial charge in [-0.25, -0.2) is 0 Å². The second-order valence-corrected chi connectivity index (χ2v) is 8.77. The maximum absolute atomic E-state index is 14.2. The van der Waals surface area contributed by atoms with Gasteiger partial charge in [-0.05, 0) is 36.8 Å². The summed E-state index contributed by atoms with van der Waals surface area (Å²) in [6, 6.07) is 7.52. The van der Waals surface area contributed by atoms with Crippen molar-refractivity contribution in [3.05, 3.63) is 68.7 Å². The minimum atomic E-state index is -4.92. The lowest BCUT2D eigenvalue weighted by Gasteiger charge is -2.29. The number of oxime groups is 1. The Morgan fingerprint density at radius 1 is 1.03 bits per heavy atom. The molecule has 0 aromatic heterocycles. The molecule has 6 nitrogen and oxygen atoms in total. The number of hydrogen-bond donors (Lipinski definition) is 2. The molecule has 1 aliphatic rings. The van der Waals surface area contributed by atoms with Crippen LogP contribution < -0.4 is 10.6 Å². The molecule has 1 heterocycles. The highest BCUT2D eigenvalue weighted by Gasteiger charge is 2.62. The lowest BCUT2D eigenvalue weighted by Crippen LogP contribution is -2.42. The van der Waals surface area contributed by atoms with E-state index in [1.165, 1.54) is 31.2 Å². The molecular weight excluding hydrogens is 539 g/mol. The molecule has 2 aromatic rings. The zero-order valence-corrected chi connectivity index (χ0v) is 19.8. The summed E-state index contributed by atoms with van der Waals surface area (Å²) in [4.78, 5) is 29.0. The minimum Gasteiger partial charge on any atom is -0.374 e. The summed E-state index contributed by atoms with van der Waals surface area (Å²) in [5, 5.41) is 7.33. The molecule has 1 aliphatic heterocycles. The van der Waals surface area contributed by atoms with Gasteiger partial charge < -0.3 is 15.5 Å². The molecule has 0 aliphatic carbocycles. The largest absolute Gasteiger partial charge is 0.435 e. The third kappa shape index (κ3) is 6.22. The van der Waals surface area contributed by atoms with Crippen LogP contribution in [-0.2, 0) is 15.2 Å². The average molecular weight is 556 g/mol. The number of alkyl halides is 6. The first-order chi connectivity index (χ1) is 16.6. The van der Waals surface area contributed by atoms with Gasteiger partial charge in [0.1, 0.15) is 6.54 Å². The van der Waals surface area contributed by atoms with Crippen molar-refractivity contribution in [2.75, 3.05) is 13.1 Å². The summed E-state index contributed by atoms with van der Waals surface area (Å²) in [6.07, 6.45) is -10.3. The Kier molecular flexibility index (Phi) is 7.80. The van der Waals surface area contributed by atoms with Gasteiger partial charge in [-0.15, -0.1) is 0 Å². The molecule has 36 heavy (non-hydrogen) atoms. The smallest absolute Gasteiger partial charge is 0.374 e. The van der Waals surface area contributed by atoms with E-state index in [1.54, 1.807) is 5.32 Å². The molecule has 1 atom stereocenters. The normalized spacial score (nSPS) is 17.9. The number of nitrogens with one attached hydrogen (secondary N) is 2. The predicted octanol–water partition coefficient (Wildman–Crippen LogP) is 5.29. The lowest BCUT2D eigenvalue weighted by molar-refractivity contribution is -0.275. The Morgan fingerprint density at radius 2 is 1.67 bits per heavy atom. The maximum atomic E-state index is 14.2. The predicted molar refractivity (Wildman–Crippen MR) is 119 cm³/mol. The van der Waals surface area contributed by atoms with Gasteiger partial charge in [0.2, 0.25) is 5.91 Å². The maximum Gasteiger partial charge on any atom is 0.435 e. The molecule has 0 bridgehead atoms. The van der Waals surface area contributed by atoms with Gasteiger partial charge in [-0.3, -0.25) is 9.59 Å². The summed E-state index contributed by atoms with van der Waals surface area (Å²) in [5.41, 5.74) is -2.85. The zero-order chi connectivity index (χ0) is 26.9. The van der Waals surface area contributed by atoms with Crippen molar-refractivity contribution < 1.29 is 40.8 Å². The molecule has 0 saturated carbocycles. The number of amides is 2. The van der Waals surface area contributed by atoms with Crippen LogP contribution in [0.4, 0.5) is 26.3 Å². The van der Waals surface area contributed by atoms with Gasteiger partial charge in [-0.2, -0.15) is 26.3 Å². The molecule has 0 fully saturated rings. The van der Waals surface area contributed by atoms with Crippen molar-refractivity contribution in [1.29, 1.82) is 0 Å². The molecular formula is C22H17Cl2F6N3O3. The average Bonchev–Trinajstić information content (AvgIpc) is 3.22. The SMILES string of the molecule is Cc1ccc(C2=NOC(c3cc(Cl)cc(Cl)c3)(C(F)(F)F)C2)cc1C(=O)NCC(=O)NCC(F)(F)F. The van der Waals surface area contributed by atoms with Crippen LogP contribution in [0.2, 0.25) is 10.0 Å². The van der Waals surface area contributed by atoms with Gasteiger partial charge in [0.15, 0.2) is 0 Å². The van der Waals surface area contributed by atoms with E-state index in [4.69, 9.17) is 28.0 Å². The lowest BCUT2D eigenvalue weighted by atomic mass is 9.86. The topological polar surface area (TPSA) is 79.8 Å². The minimum absolute atomic E-state index is 0.0193. The van der Waals surface area contributed by atoms with Crippen LogP contribution in [0.25, 0.3) is 0 Å². The fraction of sp³-hybridized carbons (Fsp3) is 0.318. The first kappa shape index (κ1) is 27.6. The number of aryl methyl sites for hydroxylation is 1. The van der Waals surface area contributed by atoms with E-state index in [2.05, 4.69) is 10.5 Å². The number of hydrogen-bond acceptors (Lipinski definition) is 4. The molecule has 3 rings (SSSR count). The molecule has 2 amide bonds. The Bertz CT molecular complexity index is 1200. The van der Waals surface area contributed by atoms with E-state index in [-0.39, 0.29) is 32.4 Å². The summed E-state index contributed by atoms with van der Waals surface area (Å²) in [6.45, 7) is -0.770. The third-order valence-electron chi connectivity index (χ3n) is 5.23. The molecule has 2 aromatic carbocycles. The molecule has 2 N–H and O–H groups in total. The number of nitrogens with zero attached hydrogens (tertiary/aromatic N) is 1. The number of rotatable bonds is 6. The molecule has 0 spiro atoms. The second-order valence-electron chi connectivity index (χ2n) is 7.89. The quantitative estimate of drug-likeness (QED) is 0.475. The van der Waals surface area contributed by atoms with Gasteiger partial charge in [-0.1, -0.05) is 40.5 Å². The third-order valence-corrected chi connectivity index (χ3v) is 5.66. The van der Waals surface area contributed by atoms with Crippen LogP contribution in [0.3, 0.4) is 0 Å². The van der Waals surface area contributed by atoms with E-state index in [1.807, 2.05) is 0 Å². The Labute approximate surface area is 210 Å². The van der Waals surface area contributed by atoms with Gasteiger partial charge in [0, 0.05) is 33.2 Å². The van der Waals surface area contributed by atoms with Crippen molar-refractivity contribution in [2.24, 2.45) is 5.16 Å². The highest BCUT2D eigenvalue weighted by Crippen LogP contribution is 2.49. The van der Waals surface area contributed by atoms with Crippen LogP contribution in [0, 0.1) is 6.92 Å². The fourth-order valence-electron chi connectivity index (χ4n) is 3.41. The van der Waals surface area contributed by atoms with Crippen molar-refractivity contribution >= 4 is 40.7 Å². The van der Waals surface area contributed by atoms with Crippen LogP contribution in [0.5, 0.6) is 0 Å². The molecule has 1 unspecified atom stereocenters. The Morgan fingerprint density at radius 3 is 2.25 bits per heavy atom. The van der Waals surface area contributed by atoms with Crippen LogP contribution >= 0.6 is 23.2 Å². The molecule has 14 heteroatoms. The molecule has 194 valence electrons. The second kappa shape index (κ2) is 10.2. The zero-order valence-electron chi connectivity index (χ0n) is 18.3. The number of carbonyl (C=O) groups excluding carboxylic acids is 2. The van der Waals surface area contributed by atoms with Crippen LogP contribution in [-0.4, -0.2) is 43.0 Å². The van der Waals surface area contributed by atoms with Crippen molar-refractivity contribution in [3.63, 3.8) is 0 Å². The van der Waals surface area contributed by atoms with E-state index >= 15 is 0 Å². The van der Waals surface area contributed by atoms with Gasteiger partial charge >= 0.3 is 12.4 Å². The number of halogens is 8. The molecule has 0 saturated heterocycles. The first-order valence-corrected chi connectivity index (χ1v) is 10.9. The summed E-state index contributed by atoms with van der Waals surface area (Å²) < 4.78 is 79.1. The van der Waals surface area contributed by atoms with Gasteiger partial charge in [0.05, 0.1) is 12.3 Å². The Balaban J connectivity index is 1.81. The van der Waals surface area contributed by atoms with E-state index in [0.717, 1.165) is 12.1 Å². The number of carbonyl (C=O) groups is 2. The van der Waals surface area contributed by atoms with Crippen molar-refractivity contribution in [2.45, 2.75) is 31.3 Å². The fourth-order valence-corrected chi connectivity index (χ4v) is 3.93. The first-order valence-electron chi connectivity index (χ1n) is 10.1. The highest BCUT2D eigenvalue weighted by atomic mass is 35.5. The molecule has 0 radical (unpaired) electrons. The standard InChI is InChI=1S/C22H17Cl2F6N3O3/c1-11-2-3-12(4-16(11)19(35)31-9-18(34)32-10-21(25,26)27)17-8-20(36-33-17,22(28,29)30)13-5-14(23)7-15(24)6-13/h2-7H,8-10H2,1H3,(H,31,35)(H,32,34). The summed E-state index contributed by atoms with van der Waals surface area (Å²) in [7, 11) is 0. The van der Waals surface area contributed by atoms with Crippen LogP contribution in [0.15, 0.2) is 41.6 Å². The van der Waals surface area contributed by atoms with E-state index in [9.17, 15) is 35.9 Å². The van der Waals surface area contributed by atoms with Crippen molar-refractivity contribution in [3.8, 4) is 0 Å². The highest BCUT2D eigenvalue weighted by molar-refractivity contribution is 6.34. The van der Waals surface area contributed by atoms with E-state index < -0.39 is 49.3 Å². The van der Waals surface area contributed by atoms with Crippen LogP contribution in [0.1, 0.15) is 33.5 Å². The van der Waals surface area contributed by atoms with Gasteiger partial charge in [0.25, 0.3) is 11.5 Å². The number of benzene rings is 2. The monoisotopic (exact) mass is 555 g/mol. The Hall–Kier alpha value is -2.99. The summed E-state index contributed by atoms with van der Waals surface area (Å²) in [5.74, 6) is -1.89.